The zero-order chi connectivity index (χ0) is 15.4. The van der Waals surface area contributed by atoms with Crippen LogP contribution in [0, 0.1) is 6.92 Å². The van der Waals surface area contributed by atoms with E-state index in [1.54, 1.807) is 18.2 Å². The van der Waals surface area contributed by atoms with Gasteiger partial charge in [0.2, 0.25) is 0 Å². The van der Waals surface area contributed by atoms with Crippen molar-refractivity contribution in [2.45, 2.75) is 6.92 Å². The van der Waals surface area contributed by atoms with Gasteiger partial charge in [-0.2, -0.15) is 0 Å². The lowest BCUT2D eigenvalue weighted by Crippen LogP contribution is -2.21. The molecule has 0 saturated heterocycles. The minimum Gasteiger partial charge on any atom is -0.476 e. The third-order valence-electron chi connectivity index (χ3n) is 2.69. The summed E-state index contributed by atoms with van der Waals surface area (Å²) >= 11 is 5.96. The van der Waals surface area contributed by atoms with Crippen LogP contribution >= 0.6 is 11.6 Å². The molecule has 0 spiro atoms. The first-order valence-corrected chi connectivity index (χ1v) is 6.37. The molecule has 0 aliphatic heterocycles. The number of rotatable bonds is 3. The van der Waals surface area contributed by atoms with Crippen molar-refractivity contribution in [3.05, 3.63) is 52.8 Å². The number of amides is 2. The summed E-state index contributed by atoms with van der Waals surface area (Å²) in [6.07, 6.45) is 1.34. The number of aromatic carboxylic acids is 1. The maximum absolute atomic E-state index is 11.9. The molecule has 0 radical (unpaired) electrons. The number of hydrogen-bond acceptors (Lipinski definition) is 3. The van der Waals surface area contributed by atoms with Gasteiger partial charge in [0.1, 0.15) is 0 Å². The molecule has 0 fully saturated rings. The summed E-state index contributed by atoms with van der Waals surface area (Å²) in [5, 5.41) is 14.5. The Balaban J connectivity index is 2.12. The van der Waals surface area contributed by atoms with Crippen LogP contribution in [0.3, 0.4) is 0 Å². The Morgan fingerprint density at radius 3 is 2.67 bits per heavy atom. The van der Waals surface area contributed by atoms with Gasteiger partial charge in [0.15, 0.2) is 5.69 Å². The number of hydrogen-bond donors (Lipinski definition) is 3. The van der Waals surface area contributed by atoms with Gasteiger partial charge in [0, 0.05) is 16.9 Å². The zero-order valence-electron chi connectivity index (χ0n) is 11.1. The fraction of sp³-hybridized carbons (Fsp3) is 0.0714. The Kier molecular flexibility index (Phi) is 4.39. The number of anilines is 2. The molecular formula is C14H12ClN3O3. The Hall–Kier alpha value is -2.60. The predicted molar refractivity (Wildman–Crippen MR) is 80.0 cm³/mol. The van der Waals surface area contributed by atoms with Crippen molar-refractivity contribution in [1.29, 1.82) is 0 Å². The number of carboxylic acid groups (broad SMARTS) is 1. The number of pyridine rings is 1. The van der Waals surface area contributed by atoms with Crippen LogP contribution in [0.2, 0.25) is 5.02 Å². The number of urea groups is 1. The lowest BCUT2D eigenvalue weighted by molar-refractivity contribution is 0.0692. The van der Waals surface area contributed by atoms with E-state index in [0.29, 0.717) is 10.7 Å². The summed E-state index contributed by atoms with van der Waals surface area (Å²) in [5.41, 5.74) is 1.28. The van der Waals surface area contributed by atoms with E-state index in [1.165, 1.54) is 18.3 Å². The van der Waals surface area contributed by atoms with Crippen LogP contribution in [0.25, 0.3) is 0 Å². The second-order valence-electron chi connectivity index (χ2n) is 4.25. The number of carbonyl (C=O) groups excluding carboxylic acids is 1. The minimum atomic E-state index is -1.22. The highest BCUT2D eigenvalue weighted by Crippen LogP contribution is 2.20. The van der Waals surface area contributed by atoms with Gasteiger partial charge in [0.05, 0.1) is 5.69 Å². The van der Waals surface area contributed by atoms with Crippen molar-refractivity contribution in [2.75, 3.05) is 10.6 Å². The molecule has 108 valence electrons. The summed E-state index contributed by atoms with van der Waals surface area (Å²) in [6.45, 7) is 1.85. The Bertz CT molecular complexity index is 704. The maximum atomic E-state index is 11.9. The van der Waals surface area contributed by atoms with Gasteiger partial charge in [0.25, 0.3) is 0 Å². The fourth-order valence-electron chi connectivity index (χ4n) is 1.63. The predicted octanol–water partition coefficient (Wildman–Crippen LogP) is 3.39. The van der Waals surface area contributed by atoms with Crippen LogP contribution in [-0.4, -0.2) is 22.1 Å². The highest BCUT2D eigenvalue weighted by atomic mass is 35.5. The van der Waals surface area contributed by atoms with E-state index in [4.69, 9.17) is 16.7 Å². The van der Waals surface area contributed by atoms with Crippen molar-refractivity contribution in [3.63, 3.8) is 0 Å². The third kappa shape index (κ3) is 3.70. The van der Waals surface area contributed by atoms with Gasteiger partial charge >= 0.3 is 12.0 Å². The van der Waals surface area contributed by atoms with E-state index < -0.39 is 12.0 Å². The van der Waals surface area contributed by atoms with Gasteiger partial charge in [-0.05, 0) is 36.8 Å². The van der Waals surface area contributed by atoms with Gasteiger partial charge in [-0.25, -0.2) is 14.6 Å². The number of aryl methyl sites for hydroxylation is 1. The van der Waals surface area contributed by atoms with E-state index in [9.17, 15) is 9.59 Å². The normalized spacial score (nSPS) is 10.0. The molecule has 0 saturated carbocycles. The molecule has 6 nitrogen and oxygen atoms in total. The second kappa shape index (κ2) is 6.23. The average Bonchev–Trinajstić information content (AvgIpc) is 2.43. The minimum absolute atomic E-state index is 0.112. The maximum Gasteiger partial charge on any atom is 0.356 e. The molecule has 0 aliphatic carbocycles. The van der Waals surface area contributed by atoms with E-state index in [0.717, 1.165) is 5.56 Å². The molecule has 0 atom stereocenters. The van der Waals surface area contributed by atoms with E-state index in [1.807, 2.05) is 6.92 Å². The molecule has 0 unspecified atom stereocenters. The number of halogens is 1. The highest BCUT2D eigenvalue weighted by molar-refractivity contribution is 6.31. The lowest BCUT2D eigenvalue weighted by Gasteiger charge is -2.10. The van der Waals surface area contributed by atoms with E-state index in [-0.39, 0.29) is 11.4 Å². The van der Waals surface area contributed by atoms with Crippen LogP contribution in [0.5, 0.6) is 0 Å². The van der Waals surface area contributed by atoms with E-state index in [2.05, 4.69) is 15.6 Å². The smallest absolute Gasteiger partial charge is 0.356 e. The van der Waals surface area contributed by atoms with Gasteiger partial charge in [-0.15, -0.1) is 0 Å². The van der Waals surface area contributed by atoms with Gasteiger partial charge < -0.3 is 15.7 Å². The van der Waals surface area contributed by atoms with Crippen LogP contribution in [0.15, 0.2) is 36.5 Å². The van der Waals surface area contributed by atoms with Gasteiger partial charge in [-0.3, -0.25) is 0 Å². The average molecular weight is 306 g/mol. The third-order valence-corrected chi connectivity index (χ3v) is 3.10. The molecule has 2 amide bonds. The Labute approximate surface area is 125 Å². The number of carboxylic acids is 1. The first kappa shape index (κ1) is 14.8. The molecule has 0 aliphatic rings. The molecule has 0 bridgehead atoms. The molecule has 21 heavy (non-hydrogen) atoms. The molecule has 2 rings (SSSR count). The summed E-state index contributed by atoms with van der Waals surface area (Å²) in [7, 11) is 0. The zero-order valence-corrected chi connectivity index (χ0v) is 11.8. The number of aromatic nitrogens is 1. The van der Waals surface area contributed by atoms with Crippen LogP contribution < -0.4 is 10.6 Å². The van der Waals surface area contributed by atoms with Crippen molar-refractivity contribution >= 4 is 35.0 Å². The van der Waals surface area contributed by atoms with E-state index >= 15 is 0 Å². The number of nitrogens with one attached hydrogen (secondary N) is 2. The Morgan fingerprint density at radius 2 is 2.00 bits per heavy atom. The number of benzene rings is 1. The molecule has 1 heterocycles. The van der Waals surface area contributed by atoms with Crippen molar-refractivity contribution in [3.8, 4) is 0 Å². The first-order valence-electron chi connectivity index (χ1n) is 6.00. The largest absolute Gasteiger partial charge is 0.476 e. The summed E-state index contributed by atoms with van der Waals surface area (Å²) < 4.78 is 0. The number of nitrogens with zero attached hydrogens (tertiary/aromatic N) is 1. The standard InChI is InChI=1S/C14H12ClN3O3/c1-8-4-5-9(7-10(8)15)17-14(21)18-11-3-2-6-16-12(11)13(19)20/h2-7H,1H3,(H,19,20)(H2,17,18,21). The monoisotopic (exact) mass is 305 g/mol. The highest BCUT2D eigenvalue weighted by Gasteiger charge is 2.13. The topological polar surface area (TPSA) is 91.3 Å². The Morgan fingerprint density at radius 1 is 1.24 bits per heavy atom. The van der Waals surface area contributed by atoms with Crippen molar-refractivity contribution in [2.24, 2.45) is 0 Å². The van der Waals surface area contributed by atoms with Crippen molar-refractivity contribution in [1.82, 2.24) is 4.98 Å². The molecule has 2 aromatic rings. The first-order chi connectivity index (χ1) is 9.97. The molecule has 7 heteroatoms. The molecule has 1 aromatic heterocycles. The summed E-state index contributed by atoms with van der Waals surface area (Å²) in [5.74, 6) is -1.22. The van der Waals surface area contributed by atoms with Crippen LogP contribution in [0.4, 0.5) is 16.2 Å². The molecular weight excluding hydrogens is 294 g/mol. The lowest BCUT2D eigenvalue weighted by atomic mass is 10.2. The fourth-order valence-corrected chi connectivity index (χ4v) is 1.81. The van der Waals surface area contributed by atoms with Gasteiger partial charge in [-0.1, -0.05) is 17.7 Å². The second-order valence-corrected chi connectivity index (χ2v) is 4.66. The summed E-state index contributed by atoms with van der Waals surface area (Å²) in [4.78, 5) is 26.6. The SMILES string of the molecule is Cc1ccc(NC(=O)Nc2cccnc2C(=O)O)cc1Cl. The molecule has 3 N–H and O–H groups in total. The number of carbonyl (C=O) groups is 2. The van der Waals surface area contributed by atoms with Crippen molar-refractivity contribution < 1.29 is 14.7 Å². The molecule has 1 aromatic carbocycles. The van der Waals surface area contributed by atoms with Crippen LogP contribution in [-0.2, 0) is 0 Å². The quantitative estimate of drug-likeness (QED) is 0.810. The summed E-state index contributed by atoms with van der Waals surface area (Å²) in [6, 6.07) is 7.48. The van der Waals surface area contributed by atoms with Crippen LogP contribution in [0.1, 0.15) is 16.1 Å².